The van der Waals surface area contributed by atoms with Crippen molar-refractivity contribution in [1.29, 1.82) is 0 Å². The molecule has 0 rings (SSSR count). The minimum absolute atomic E-state index is 0.0278. The standard InChI is InChI=1S/C7H14O3.C4H10O3.C3H8O/c1-6(9-3)4-5-10-7(2)8;5-1-3-7-4-2-6;1-3-4-2/h6H,4-5H2,1-3H3;5-6H,1-4H2;3H2,1-2H3. The zero-order valence-corrected chi connectivity index (χ0v) is 14.0. The summed E-state index contributed by atoms with van der Waals surface area (Å²) in [6, 6.07) is 0. The molecule has 7 nitrogen and oxygen atoms in total. The lowest BCUT2D eigenvalue weighted by molar-refractivity contribution is -0.141. The van der Waals surface area contributed by atoms with Crippen molar-refractivity contribution >= 4 is 5.97 Å². The molecule has 0 heterocycles. The van der Waals surface area contributed by atoms with Crippen LogP contribution in [0.3, 0.4) is 0 Å². The third-order valence-corrected chi connectivity index (χ3v) is 1.99. The van der Waals surface area contributed by atoms with Crippen LogP contribution < -0.4 is 0 Å². The summed E-state index contributed by atoms with van der Waals surface area (Å²) in [4.78, 5) is 10.3. The van der Waals surface area contributed by atoms with Gasteiger partial charge in [0.05, 0.1) is 39.1 Å². The lowest BCUT2D eigenvalue weighted by atomic mass is 10.3. The first-order chi connectivity index (χ1) is 9.99. The number of hydrogen-bond donors (Lipinski definition) is 2. The van der Waals surface area contributed by atoms with Crippen LogP contribution in [0.1, 0.15) is 27.2 Å². The minimum atomic E-state index is -0.233. The van der Waals surface area contributed by atoms with E-state index < -0.39 is 0 Å². The highest BCUT2D eigenvalue weighted by Gasteiger charge is 1.99. The Bertz CT molecular complexity index is 182. The van der Waals surface area contributed by atoms with Gasteiger partial charge in [-0.3, -0.25) is 4.79 Å². The first kappa shape index (κ1) is 25.2. The van der Waals surface area contributed by atoms with Gasteiger partial charge in [-0.25, -0.2) is 0 Å². The molecular formula is C14H32O7. The molecular weight excluding hydrogens is 280 g/mol. The third kappa shape index (κ3) is 38.2. The van der Waals surface area contributed by atoms with E-state index in [4.69, 9.17) is 19.7 Å². The Morgan fingerprint density at radius 3 is 1.86 bits per heavy atom. The van der Waals surface area contributed by atoms with Crippen molar-refractivity contribution < 1.29 is 34.0 Å². The predicted octanol–water partition coefficient (Wildman–Crippen LogP) is 0.615. The molecule has 130 valence electrons. The van der Waals surface area contributed by atoms with Crippen LogP contribution in [0.25, 0.3) is 0 Å². The number of hydrogen-bond acceptors (Lipinski definition) is 7. The van der Waals surface area contributed by atoms with Gasteiger partial charge in [-0.15, -0.1) is 0 Å². The molecule has 1 unspecified atom stereocenters. The molecule has 0 spiro atoms. The van der Waals surface area contributed by atoms with Crippen LogP contribution in [0.5, 0.6) is 0 Å². The molecule has 0 aliphatic carbocycles. The molecule has 0 aliphatic heterocycles. The van der Waals surface area contributed by atoms with Crippen molar-refractivity contribution in [3.05, 3.63) is 0 Å². The van der Waals surface area contributed by atoms with Crippen LogP contribution in [0.4, 0.5) is 0 Å². The molecule has 21 heavy (non-hydrogen) atoms. The van der Waals surface area contributed by atoms with Crippen LogP contribution in [0.2, 0.25) is 0 Å². The van der Waals surface area contributed by atoms with Gasteiger partial charge in [0.25, 0.3) is 0 Å². The summed E-state index contributed by atoms with van der Waals surface area (Å²) in [7, 11) is 3.32. The van der Waals surface area contributed by atoms with Crippen molar-refractivity contribution in [3.63, 3.8) is 0 Å². The maximum Gasteiger partial charge on any atom is 0.302 e. The average molecular weight is 312 g/mol. The van der Waals surface area contributed by atoms with Gasteiger partial charge in [0.15, 0.2) is 0 Å². The Morgan fingerprint density at radius 1 is 1.10 bits per heavy atom. The highest BCUT2D eigenvalue weighted by Crippen LogP contribution is 1.94. The Kier molecular flexibility index (Phi) is 29.2. The van der Waals surface area contributed by atoms with E-state index in [1.54, 1.807) is 14.2 Å². The number of rotatable bonds is 9. The summed E-state index contributed by atoms with van der Waals surface area (Å²) in [6.07, 6.45) is 0.926. The molecule has 1 atom stereocenters. The molecule has 0 aromatic carbocycles. The van der Waals surface area contributed by atoms with Crippen LogP contribution >= 0.6 is 0 Å². The number of aliphatic hydroxyl groups excluding tert-OH is 2. The summed E-state index contributed by atoms with van der Waals surface area (Å²) in [5.41, 5.74) is 0. The van der Waals surface area contributed by atoms with Gasteiger partial charge < -0.3 is 29.2 Å². The topological polar surface area (TPSA) is 94.5 Å². The molecule has 0 fully saturated rings. The Labute approximate surface area is 128 Å². The van der Waals surface area contributed by atoms with Crippen molar-refractivity contribution in [1.82, 2.24) is 0 Å². The van der Waals surface area contributed by atoms with Crippen LogP contribution in [0.15, 0.2) is 0 Å². The fourth-order valence-corrected chi connectivity index (χ4v) is 0.718. The SMILES string of the molecule is CCOC.COC(C)CCOC(C)=O.OCCOCCO. The van der Waals surface area contributed by atoms with Crippen molar-refractivity contribution in [2.24, 2.45) is 0 Å². The van der Waals surface area contributed by atoms with Gasteiger partial charge >= 0.3 is 5.97 Å². The van der Waals surface area contributed by atoms with Gasteiger partial charge in [0.2, 0.25) is 0 Å². The Morgan fingerprint density at radius 2 is 1.57 bits per heavy atom. The van der Waals surface area contributed by atoms with Gasteiger partial charge in [0.1, 0.15) is 0 Å². The van der Waals surface area contributed by atoms with E-state index in [1.807, 2.05) is 13.8 Å². The molecule has 0 aromatic rings. The van der Waals surface area contributed by atoms with E-state index in [9.17, 15) is 4.79 Å². The van der Waals surface area contributed by atoms with Crippen molar-refractivity contribution in [2.45, 2.75) is 33.3 Å². The smallest absolute Gasteiger partial charge is 0.302 e. The number of esters is 1. The lowest BCUT2D eigenvalue weighted by Crippen LogP contribution is -2.10. The molecule has 0 saturated heterocycles. The maximum absolute atomic E-state index is 10.3. The van der Waals surface area contributed by atoms with E-state index in [2.05, 4.69) is 9.47 Å². The Hall–Kier alpha value is -0.730. The number of ether oxygens (including phenoxy) is 4. The van der Waals surface area contributed by atoms with Gasteiger partial charge in [-0.05, 0) is 13.8 Å². The number of aliphatic hydroxyl groups is 2. The second kappa shape index (κ2) is 24.3. The summed E-state index contributed by atoms with van der Waals surface area (Å²) >= 11 is 0. The molecule has 7 heteroatoms. The van der Waals surface area contributed by atoms with Crippen LogP contribution in [-0.2, 0) is 23.7 Å². The monoisotopic (exact) mass is 312 g/mol. The lowest BCUT2D eigenvalue weighted by Gasteiger charge is -2.07. The molecule has 0 bridgehead atoms. The molecule has 0 aliphatic rings. The minimum Gasteiger partial charge on any atom is -0.466 e. The number of methoxy groups -OCH3 is 2. The number of carbonyl (C=O) groups is 1. The first-order valence-electron chi connectivity index (χ1n) is 6.94. The quantitative estimate of drug-likeness (QED) is 0.476. The molecule has 2 N–H and O–H groups in total. The molecule has 0 amide bonds. The van der Waals surface area contributed by atoms with E-state index in [-0.39, 0.29) is 25.3 Å². The summed E-state index contributed by atoms with van der Waals surface area (Å²) in [6.45, 7) is 7.26. The maximum atomic E-state index is 10.3. The summed E-state index contributed by atoms with van der Waals surface area (Å²) in [5, 5.41) is 16.2. The van der Waals surface area contributed by atoms with E-state index in [1.165, 1.54) is 6.92 Å². The van der Waals surface area contributed by atoms with Crippen molar-refractivity contribution in [2.75, 3.05) is 53.9 Å². The number of carbonyl (C=O) groups excluding carboxylic acids is 1. The highest BCUT2D eigenvalue weighted by molar-refractivity contribution is 5.65. The second-order valence-electron chi connectivity index (χ2n) is 3.81. The van der Waals surface area contributed by atoms with E-state index in [0.29, 0.717) is 19.8 Å². The third-order valence-electron chi connectivity index (χ3n) is 1.99. The summed E-state index contributed by atoms with van der Waals surface area (Å²) < 4.78 is 18.8. The molecule has 0 radical (unpaired) electrons. The van der Waals surface area contributed by atoms with Gasteiger partial charge in [-0.1, -0.05) is 0 Å². The normalized spacial score (nSPS) is 10.6. The second-order valence-corrected chi connectivity index (χ2v) is 3.81. The van der Waals surface area contributed by atoms with E-state index in [0.717, 1.165) is 13.0 Å². The highest BCUT2D eigenvalue weighted by atomic mass is 16.5. The summed E-state index contributed by atoms with van der Waals surface area (Å²) in [5.74, 6) is -0.233. The van der Waals surface area contributed by atoms with Gasteiger partial charge in [-0.2, -0.15) is 0 Å². The fourth-order valence-electron chi connectivity index (χ4n) is 0.718. The Balaban J connectivity index is -0.000000256. The van der Waals surface area contributed by atoms with E-state index >= 15 is 0 Å². The largest absolute Gasteiger partial charge is 0.466 e. The fraction of sp³-hybridized carbons (Fsp3) is 0.929. The zero-order chi connectivity index (χ0) is 16.9. The predicted molar refractivity (Wildman–Crippen MR) is 80.3 cm³/mol. The van der Waals surface area contributed by atoms with Crippen LogP contribution in [0, 0.1) is 0 Å². The molecule has 0 aromatic heterocycles. The zero-order valence-electron chi connectivity index (χ0n) is 14.0. The van der Waals surface area contributed by atoms with Gasteiger partial charge in [0, 0.05) is 34.2 Å². The van der Waals surface area contributed by atoms with Crippen molar-refractivity contribution in [3.8, 4) is 0 Å². The van der Waals surface area contributed by atoms with Crippen LogP contribution in [-0.4, -0.2) is 76.1 Å². The molecule has 0 saturated carbocycles. The average Bonchev–Trinajstić information content (AvgIpc) is 2.48. The first-order valence-corrected chi connectivity index (χ1v) is 6.94.